The summed E-state index contributed by atoms with van der Waals surface area (Å²) in [7, 11) is 0. The molecule has 0 spiro atoms. The summed E-state index contributed by atoms with van der Waals surface area (Å²) in [5.74, 6) is 1.62. The molecular weight excluding hydrogens is 400 g/mol. The number of aryl methyl sites for hydroxylation is 1. The minimum absolute atomic E-state index is 0.0710. The third kappa shape index (κ3) is 3.33. The van der Waals surface area contributed by atoms with E-state index in [-0.39, 0.29) is 24.5 Å². The lowest BCUT2D eigenvalue weighted by atomic mass is 10.1. The first-order chi connectivity index (χ1) is 14.6. The summed E-state index contributed by atoms with van der Waals surface area (Å²) in [6, 6.07) is 15.7. The number of para-hydroxylation sites is 1. The van der Waals surface area contributed by atoms with Crippen LogP contribution in [0.3, 0.4) is 0 Å². The van der Waals surface area contributed by atoms with Crippen LogP contribution in [0.1, 0.15) is 24.1 Å². The lowest BCUT2D eigenvalue weighted by Crippen LogP contribution is -2.28. The van der Waals surface area contributed by atoms with Crippen molar-refractivity contribution in [3.8, 4) is 11.5 Å². The molecule has 3 heterocycles. The Bertz CT molecular complexity index is 1270. The van der Waals surface area contributed by atoms with Crippen molar-refractivity contribution in [2.75, 3.05) is 12.5 Å². The summed E-state index contributed by atoms with van der Waals surface area (Å²) in [5, 5.41) is 13.5. The zero-order valence-corrected chi connectivity index (χ0v) is 17.4. The lowest BCUT2D eigenvalue weighted by Gasteiger charge is -2.14. The molecule has 4 aromatic rings. The number of fused-ring (bicyclic) bond motifs is 4. The SMILES string of the molecule is Cc1cc2nnc(SCC(=O)N[C@@H](C)c3ccc4c(c3)OCO4)n2c2ccccc12. The van der Waals surface area contributed by atoms with Gasteiger partial charge in [-0.15, -0.1) is 10.2 Å². The first-order valence-corrected chi connectivity index (χ1v) is 10.6. The van der Waals surface area contributed by atoms with Crippen molar-refractivity contribution in [3.05, 3.63) is 59.7 Å². The van der Waals surface area contributed by atoms with Crippen LogP contribution >= 0.6 is 11.8 Å². The van der Waals surface area contributed by atoms with Gasteiger partial charge >= 0.3 is 0 Å². The molecule has 8 heteroatoms. The third-order valence-electron chi connectivity index (χ3n) is 5.18. The summed E-state index contributed by atoms with van der Waals surface area (Å²) in [6.45, 7) is 4.24. The molecule has 5 rings (SSSR count). The van der Waals surface area contributed by atoms with E-state index in [0.29, 0.717) is 10.9 Å². The van der Waals surface area contributed by atoms with Crippen molar-refractivity contribution < 1.29 is 14.3 Å². The maximum atomic E-state index is 12.6. The second kappa shape index (κ2) is 7.53. The number of carbonyl (C=O) groups excluding carboxylic acids is 1. The van der Waals surface area contributed by atoms with Gasteiger partial charge in [-0.05, 0) is 49.2 Å². The standard InChI is InChI=1S/C22H20N4O3S/c1-13-9-20-24-25-22(26(20)17-6-4-3-5-16(13)17)30-11-21(27)23-14(2)15-7-8-18-19(10-15)29-12-28-18/h3-10,14H,11-12H2,1-2H3,(H,23,27)/t14-/m0/s1. The van der Waals surface area contributed by atoms with Crippen molar-refractivity contribution in [2.24, 2.45) is 0 Å². The van der Waals surface area contributed by atoms with Crippen LogP contribution in [0.15, 0.2) is 53.7 Å². The van der Waals surface area contributed by atoms with Gasteiger partial charge in [-0.1, -0.05) is 36.0 Å². The summed E-state index contributed by atoms with van der Waals surface area (Å²) in [6.07, 6.45) is 0. The zero-order chi connectivity index (χ0) is 20.7. The molecule has 152 valence electrons. The Morgan fingerprint density at radius 1 is 1.17 bits per heavy atom. The fraction of sp³-hybridized carbons (Fsp3) is 0.227. The minimum atomic E-state index is -0.147. The number of rotatable bonds is 5. The number of benzene rings is 2. The van der Waals surface area contributed by atoms with Gasteiger partial charge in [0.15, 0.2) is 22.3 Å². The number of pyridine rings is 1. The number of carbonyl (C=O) groups is 1. The Labute approximate surface area is 177 Å². The van der Waals surface area contributed by atoms with Gasteiger partial charge in [0.2, 0.25) is 12.7 Å². The molecule has 2 aromatic carbocycles. The molecule has 0 saturated carbocycles. The Morgan fingerprint density at radius 3 is 2.90 bits per heavy atom. The predicted octanol–water partition coefficient (Wildman–Crippen LogP) is 3.89. The first kappa shape index (κ1) is 18.7. The Balaban J connectivity index is 1.31. The van der Waals surface area contributed by atoms with E-state index in [0.717, 1.165) is 33.4 Å². The largest absolute Gasteiger partial charge is 0.454 e. The number of nitrogens with zero attached hydrogens (tertiary/aromatic N) is 3. The number of aromatic nitrogens is 3. The molecule has 0 radical (unpaired) electrons. The molecule has 0 unspecified atom stereocenters. The number of amides is 1. The first-order valence-electron chi connectivity index (χ1n) is 9.65. The second-order valence-electron chi connectivity index (χ2n) is 7.21. The van der Waals surface area contributed by atoms with E-state index in [2.05, 4.69) is 28.5 Å². The molecule has 30 heavy (non-hydrogen) atoms. The van der Waals surface area contributed by atoms with E-state index in [4.69, 9.17) is 9.47 Å². The van der Waals surface area contributed by atoms with Crippen LogP contribution in [0.2, 0.25) is 0 Å². The molecule has 0 saturated heterocycles. The van der Waals surface area contributed by atoms with Gasteiger partial charge in [0.1, 0.15) is 0 Å². The highest BCUT2D eigenvalue weighted by atomic mass is 32.2. The van der Waals surface area contributed by atoms with Crippen LogP contribution in [-0.4, -0.2) is 33.1 Å². The normalized spacial score (nSPS) is 13.7. The Kier molecular flexibility index (Phi) is 4.71. The van der Waals surface area contributed by atoms with Crippen LogP contribution in [0.4, 0.5) is 0 Å². The van der Waals surface area contributed by atoms with E-state index in [1.807, 2.05) is 53.8 Å². The number of thioether (sulfide) groups is 1. The molecular formula is C22H20N4O3S. The number of nitrogens with one attached hydrogen (secondary N) is 1. The third-order valence-corrected chi connectivity index (χ3v) is 6.11. The van der Waals surface area contributed by atoms with Gasteiger partial charge in [0.25, 0.3) is 0 Å². The maximum absolute atomic E-state index is 12.6. The number of hydrogen-bond donors (Lipinski definition) is 1. The Morgan fingerprint density at radius 2 is 2.00 bits per heavy atom. The highest BCUT2D eigenvalue weighted by molar-refractivity contribution is 7.99. The highest BCUT2D eigenvalue weighted by Crippen LogP contribution is 2.34. The highest BCUT2D eigenvalue weighted by Gasteiger charge is 2.18. The summed E-state index contributed by atoms with van der Waals surface area (Å²) in [4.78, 5) is 12.6. The van der Waals surface area contributed by atoms with Gasteiger partial charge in [-0.3, -0.25) is 9.20 Å². The monoisotopic (exact) mass is 420 g/mol. The van der Waals surface area contributed by atoms with Gasteiger partial charge in [-0.2, -0.15) is 0 Å². The van der Waals surface area contributed by atoms with E-state index >= 15 is 0 Å². The molecule has 1 atom stereocenters. The number of ether oxygens (including phenoxy) is 2. The van der Waals surface area contributed by atoms with Gasteiger partial charge in [-0.25, -0.2) is 0 Å². The Hall–Kier alpha value is -3.26. The zero-order valence-electron chi connectivity index (χ0n) is 16.6. The van der Waals surface area contributed by atoms with Crippen LogP contribution in [0.25, 0.3) is 16.6 Å². The maximum Gasteiger partial charge on any atom is 0.231 e. The molecule has 0 aliphatic carbocycles. The average Bonchev–Trinajstić information content (AvgIpc) is 3.38. The van der Waals surface area contributed by atoms with Crippen molar-refractivity contribution in [1.82, 2.24) is 19.9 Å². The van der Waals surface area contributed by atoms with Crippen LogP contribution in [0, 0.1) is 6.92 Å². The van der Waals surface area contributed by atoms with Crippen molar-refractivity contribution in [3.63, 3.8) is 0 Å². The van der Waals surface area contributed by atoms with Gasteiger partial charge in [0, 0.05) is 5.39 Å². The minimum Gasteiger partial charge on any atom is -0.454 e. The average molecular weight is 420 g/mol. The van der Waals surface area contributed by atoms with Crippen molar-refractivity contribution in [2.45, 2.75) is 25.0 Å². The van der Waals surface area contributed by atoms with Crippen molar-refractivity contribution >= 4 is 34.2 Å². The smallest absolute Gasteiger partial charge is 0.231 e. The summed E-state index contributed by atoms with van der Waals surface area (Å²) >= 11 is 1.38. The fourth-order valence-electron chi connectivity index (χ4n) is 3.65. The molecule has 2 aromatic heterocycles. The molecule has 1 amide bonds. The topological polar surface area (TPSA) is 77.8 Å². The van der Waals surface area contributed by atoms with Crippen molar-refractivity contribution in [1.29, 1.82) is 0 Å². The van der Waals surface area contributed by atoms with E-state index in [1.54, 1.807) is 0 Å². The summed E-state index contributed by atoms with van der Waals surface area (Å²) in [5.41, 5.74) is 3.93. The quantitative estimate of drug-likeness (QED) is 0.494. The van der Waals surface area contributed by atoms with Gasteiger partial charge in [0.05, 0.1) is 17.3 Å². The number of hydrogen-bond acceptors (Lipinski definition) is 6. The summed E-state index contributed by atoms with van der Waals surface area (Å²) < 4.78 is 12.8. The van der Waals surface area contributed by atoms with E-state index in [1.165, 1.54) is 11.8 Å². The second-order valence-corrected chi connectivity index (χ2v) is 8.15. The fourth-order valence-corrected chi connectivity index (χ4v) is 4.41. The lowest BCUT2D eigenvalue weighted by molar-refractivity contribution is -0.119. The molecule has 1 aliphatic rings. The molecule has 7 nitrogen and oxygen atoms in total. The molecule has 0 fully saturated rings. The van der Waals surface area contributed by atoms with Crippen LogP contribution in [-0.2, 0) is 4.79 Å². The molecule has 1 aliphatic heterocycles. The predicted molar refractivity (Wildman–Crippen MR) is 115 cm³/mol. The van der Waals surface area contributed by atoms with Gasteiger partial charge < -0.3 is 14.8 Å². The van der Waals surface area contributed by atoms with E-state index in [9.17, 15) is 4.79 Å². The van der Waals surface area contributed by atoms with E-state index < -0.39 is 0 Å². The van der Waals surface area contributed by atoms with Crippen LogP contribution < -0.4 is 14.8 Å². The van der Waals surface area contributed by atoms with Crippen LogP contribution in [0.5, 0.6) is 11.5 Å². The molecule has 0 bridgehead atoms. The molecule has 1 N–H and O–H groups in total.